The molecule has 1 atom stereocenters. The molecule has 0 aromatic carbocycles. The van der Waals surface area contributed by atoms with E-state index in [4.69, 9.17) is 4.74 Å². The fourth-order valence-electron chi connectivity index (χ4n) is 3.49. The Labute approximate surface area is 135 Å². The third-order valence-corrected chi connectivity index (χ3v) is 4.86. The third kappa shape index (κ3) is 3.55. The second kappa shape index (κ2) is 6.31. The summed E-state index contributed by atoms with van der Waals surface area (Å²) >= 11 is 0. The summed E-state index contributed by atoms with van der Waals surface area (Å²) < 4.78 is 5.96. The van der Waals surface area contributed by atoms with Crippen molar-refractivity contribution in [3.63, 3.8) is 0 Å². The van der Waals surface area contributed by atoms with Gasteiger partial charge in [0.15, 0.2) is 0 Å². The first kappa shape index (κ1) is 16.0. The van der Waals surface area contributed by atoms with Gasteiger partial charge in [-0.3, -0.25) is 14.9 Å². The first-order valence-corrected chi connectivity index (χ1v) is 8.19. The number of urea groups is 1. The zero-order valence-corrected chi connectivity index (χ0v) is 13.4. The van der Waals surface area contributed by atoms with Crippen molar-refractivity contribution in [2.45, 2.75) is 50.7 Å². The van der Waals surface area contributed by atoms with E-state index in [2.05, 4.69) is 23.6 Å². The number of imide groups is 1. The average Bonchev–Trinajstić information content (AvgIpc) is 2.83. The van der Waals surface area contributed by atoms with Crippen molar-refractivity contribution >= 4 is 17.8 Å². The summed E-state index contributed by atoms with van der Waals surface area (Å²) in [5.74, 6) is -0.318. The standard InChI is InChI=1S/C16H23N3O4/c1-11-4-9-23-16(10-11)5-7-19(8-6-16)13(20)3-2-12-14(21)18-15(22)17-12/h10,12H,2-9H2,1H3,(H2,17,18,21,22)/t12-/m0/s1. The molecular weight excluding hydrogens is 298 g/mol. The molecule has 7 heteroatoms. The highest BCUT2D eigenvalue weighted by atomic mass is 16.5. The Balaban J connectivity index is 1.48. The molecule has 2 N–H and O–H groups in total. The molecule has 1 spiro atoms. The van der Waals surface area contributed by atoms with Gasteiger partial charge in [-0.15, -0.1) is 0 Å². The maximum atomic E-state index is 12.3. The number of carbonyl (C=O) groups is 3. The molecule has 3 heterocycles. The van der Waals surface area contributed by atoms with Gasteiger partial charge in [-0.25, -0.2) is 4.79 Å². The van der Waals surface area contributed by atoms with E-state index in [1.807, 2.05) is 4.90 Å². The van der Waals surface area contributed by atoms with Gasteiger partial charge in [0.25, 0.3) is 5.91 Å². The zero-order chi connectivity index (χ0) is 16.4. The van der Waals surface area contributed by atoms with Gasteiger partial charge in [-0.2, -0.15) is 0 Å². The Kier molecular flexibility index (Phi) is 4.39. The zero-order valence-electron chi connectivity index (χ0n) is 13.4. The highest BCUT2D eigenvalue weighted by molar-refractivity contribution is 6.04. The van der Waals surface area contributed by atoms with Crippen LogP contribution in [0, 0.1) is 0 Å². The highest BCUT2D eigenvalue weighted by Crippen LogP contribution is 2.33. The number of piperidine rings is 1. The molecule has 23 heavy (non-hydrogen) atoms. The van der Waals surface area contributed by atoms with Crippen LogP contribution in [0.15, 0.2) is 11.6 Å². The molecule has 4 amide bonds. The molecular formula is C16H23N3O4. The van der Waals surface area contributed by atoms with Gasteiger partial charge in [0.1, 0.15) is 6.04 Å². The maximum absolute atomic E-state index is 12.3. The molecule has 2 saturated heterocycles. The second-order valence-corrected chi connectivity index (χ2v) is 6.59. The Hall–Kier alpha value is -1.89. The summed E-state index contributed by atoms with van der Waals surface area (Å²) in [4.78, 5) is 36.7. The van der Waals surface area contributed by atoms with Crippen LogP contribution in [0.5, 0.6) is 0 Å². The fraction of sp³-hybridized carbons (Fsp3) is 0.688. The SMILES string of the molecule is CC1=CC2(CCN(C(=O)CC[C@@H]3NC(=O)NC3=O)CC2)OCC1. The molecule has 0 bridgehead atoms. The lowest BCUT2D eigenvalue weighted by atomic mass is 9.87. The largest absolute Gasteiger partial charge is 0.370 e. The second-order valence-electron chi connectivity index (χ2n) is 6.59. The molecule has 0 aromatic heterocycles. The molecule has 3 aliphatic heterocycles. The van der Waals surface area contributed by atoms with Crippen LogP contribution in [0.3, 0.4) is 0 Å². The van der Waals surface area contributed by atoms with Crippen LogP contribution in [0.1, 0.15) is 39.0 Å². The van der Waals surface area contributed by atoms with E-state index in [0.29, 0.717) is 19.5 Å². The van der Waals surface area contributed by atoms with Gasteiger partial charge in [0, 0.05) is 19.5 Å². The summed E-state index contributed by atoms with van der Waals surface area (Å²) in [5, 5.41) is 4.69. The Bertz CT molecular complexity index is 550. The summed E-state index contributed by atoms with van der Waals surface area (Å²) in [7, 11) is 0. The number of likely N-dealkylation sites (tertiary alicyclic amines) is 1. The molecule has 0 aliphatic carbocycles. The molecule has 2 fully saturated rings. The lowest BCUT2D eigenvalue weighted by Crippen LogP contribution is -2.48. The van der Waals surface area contributed by atoms with Crippen molar-refractivity contribution in [1.29, 1.82) is 0 Å². The van der Waals surface area contributed by atoms with E-state index in [1.165, 1.54) is 5.57 Å². The molecule has 0 radical (unpaired) electrons. The fourth-order valence-corrected chi connectivity index (χ4v) is 3.49. The van der Waals surface area contributed by atoms with Crippen LogP contribution >= 0.6 is 0 Å². The third-order valence-electron chi connectivity index (χ3n) is 4.86. The number of ether oxygens (including phenoxy) is 1. The maximum Gasteiger partial charge on any atom is 0.322 e. The number of hydrogen-bond donors (Lipinski definition) is 2. The van der Waals surface area contributed by atoms with Crippen LogP contribution in [0.25, 0.3) is 0 Å². The van der Waals surface area contributed by atoms with E-state index in [9.17, 15) is 14.4 Å². The number of carbonyl (C=O) groups excluding carboxylic acids is 3. The van der Waals surface area contributed by atoms with Crippen LogP contribution in [-0.4, -0.2) is 54.1 Å². The van der Waals surface area contributed by atoms with Crippen molar-refractivity contribution in [3.8, 4) is 0 Å². The first-order valence-electron chi connectivity index (χ1n) is 8.19. The van der Waals surface area contributed by atoms with Crippen molar-refractivity contribution in [1.82, 2.24) is 15.5 Å². The number of nitrogens with one attached hydrogen (secondary N) is 2. The molecule has 3 rings (SSSR count). The Morgan fingerprint density at radius 3 is 2.74 bits per heavy atom. The van der Waals surface area contributed by atoms with Crippen molar-refractivity contribution in [2.24, 2.45) is 0 Å². The van der Waals surface area contributed by atoms with Gasteiger partial charge >= 0.3 is 6.03 Å². The van der Waals surface area contributed by atoms with E-state index >= 15 is 0 Å². The van der Waals surface area contributed by atoms with Gasteiger partial charge in [-0.05, 0) is 32.6 Å². The number of amides is 4. The van der Waals surface area contributed by atoms with Gasteiger partial charge in [0.2, 0.25) is 5.91 Å². The van der Waals surface area contributed by atoms with Crippen molar-refractivity contribution in [2.75, 3.05) is 19.7 Å². The Morgan fingerprint density at radius 2 is 2.13 bits per heavy atom. The van der Waals surface area contributed by atoms with Gasteiger partial charge in [0.05, 0.1) is 12.2 Å². The van der Waals surface area contributed by atoms with Crippen molar-refractivity contribution < 1.29 is 19.1 Å². The number of hydrogen-bond acceptors (Lipinski definition) is 4. The van der Waals surface area contributed by atoms with Crippen LogP contribution in [-0.2, 0) is 14.3 Å². The van der Waals surface area contributed by atoms with Crippen LogP contribution < -0.4 is 10.6 Å². The minimum absolute atomic E-state index is 0.0327. The molecule has 0 aromatic rings. The lowest BCUT2D eigenvalue weighted by Gasteiger charge is -2.42. The van der Waals surface area contributed by atoms with Crippen LogP contribution in [0.2, 0.25) is 0 Å². The molecule has 126 valence electrons. The first-order chi connectivity index (χ1) is 11.0. The molecule has 7 nitrogen and oxygen atoms in total. The van der Waals surface area contributed by atoms with E-state index in [0.717, 1.165) is 25.9 Å². The Morgan fingerprint density at radius 1 is 1.39 bits per heavy atom. The topological polar surface area (TPSA) is 87.7 Å². The quantitative estimate of drug-likeness (QED) is 0.592. The predicted octanol–water partition coefficient (Wildman–Crippen LogP) is 0.702. The highest BCUT2D eigenvalue weighted by Gasteiger charge is 2.37. The molecule has 3 aliphatic rings. The number of nitrogens with zero attached hydrogens (tertiary/aromatic N) is 1. The minimum Gasteiger partial charge on any atom is -0.370 e. The van der Waals surface area contributed by atoms with Gasteiger partial charge < -0.3 is 15.0 Å². The number of rotatable bonds is 3. The van der Waals surface area contributed by atoms with Crippen LogP contribution in [0.4, 0.5) is 4.79 Å². The molecule has 0 unspecified atom stereocenters. The minimum atomic E-state index is -0.588. The average molecular weight is 321 g/mol. The summed E-state index contributed by atoms with van der Waals surface area (Å²) in [6, 6.07) is -1.07. The normalized spacial score (nSPS) is 26.7. The van der Waals surface area contributed by atoms with E-state index in [-0.39, 0.29) is 23.8 Å². The predicted molar refractivity (Wildman–Crippen MR) is 82.6 cm³/mol. The lowest BCUT2D eigenvalue weighted by molar-refractivity contribution is -0.136. The monoisotopic (exact) mass is 321 g/mol. The smallest absolute Gasteiger partial charge is 0.322 e. The molecule has 0 saturated carbocycles. The van der Waals surface area contributed by atoms with Crippen molar-refractivity contribution in [3.05, 3.63) is 11.6 Å². The summed E-state index contributed by atoms with van der Waals surface area (Å²) in [6.45, 7) is 4.23. The van der Waals surface area contributed by atoms with E-state index in [1.54, 1.807) is 0 Å². The van der Waals surface area contributed by atoms with Gasteiger partial charge in [-0.1, -0.05) is 11.6 Å². The van der Waals surface area contributed by atoms with E-state index < -0.39 is 12.1 Å². The summed E-state index contributed by atoms with van der Waals surface area (Å²) in [6.07, 6.45) is 5.44. The summed E-state index contributed by atoms with van der Waals surface area (Å²) in [5.41, 5.74) is 1.16.